The second-order valence-electron chi connectivity index (χ2n) is 7.68. The van der Waals surface area contributed by atoms with Crippen molar-refractivity contribution >= 4 is 12.6 Å². The van der Waals surface area contributed by atoms with Gasteiger partial charge in [0.25, 0.3) is 11.6 Å². The molecule has 158 valence electrons. The average molecular weight is 430 g/mol. The van der Waals surface area contributed by atoms with Gasteiger partial charge in [-0.05, 0) is 53.0 Å². The van der Waals surface area contributed by atoms with Crippen molar-refractivity contribution in [2.75, 3.05) is 0 Å². The number of nitrogens with one attached hydrogen (secondary N) is 1. The van der Waals surface area contributed by atoms with Crippen LogP contribution in [0.5, 0.6) is 0 Å². The van der Waals surface area contributed by atoms with Crippen LogP contribution in [0, 0.1) is 0 Å². The summed E-state index contributed by atoms with van der Waals surface area (Å²) in [6.07, 6.45) is 0. The Kier molecular flexibility index (Phi) is 5.76. The third-order valence-corrected chi connectivity index (χ3v) is 5.41. The van der Waals surface area contributed by atoms with Crippen molar-refractivity contribution in [3.05, 3.63) is 109 Å². The number of aromatic nitrogens is 3. The second-order valence-corrected chi connectivity index (χ2v) is 7.68. The number of nitrogens with zero attached hydrogens (tertiary/aromatic N) is 2. The molecule has 33 heavy (non-hydrogen) atoms. The number of aromatic amines is 1. The molecule has 5 rings (SSSR count). The van der Waals surface area contributed by atoms with E-state index in [4.69, 9.17) is 9.97 Å². The molecule has 0 fully saturated rings. The number of rotatable bonds is 5. The van der Waals surface area contributed by atoms with Crippen LogP contribution < -0.4 is 10.4 Å². The molecule has 5 nitrogen and oxygen atoms in total. The van der Waals surface area contributed by atoms with E-state index in [1.165, 1.54) is 0 Å². The van der Waals surface area contributed by atoms with Crippen LogP contribution in [0.1, 0.15) is 0 Å². The number of hydrogen-bond acceptors (Lipinski definition) is 4. The molecule has 0 aliphatic heterocycles. The molecule has 6 heteroatoms. The molecule has 0 aliphatic carbocycles. The van der Waals surface area contributed by atoms with Gasteiger partial charge in [0.05, 0.1) is 16.7 Å². The minimum Gasteiger partial charge on any atom is -0.423 e. The summed E-state index contributed by atoms with van der Waals surface area (Å²) in [5.74, 6) is 2.07. The third-order valence-electron chi connectivity index (χ3n) is 5.41. The Bertz CT molecular complexity index is 1340. The lowest BCUT2D eigenvalue weighted by Crippen LogP contribution is -2.29. The van der Waals surface area contributed by atoms with Gasteiger partial charge < -0.3 is 10.0 Å². The highest BCUT2D eigenvalue weighted by Crippen LogP contribution is 2.26. The molecular weight excluding hydrogens is 409 g/mol. The minimum absolute atomic E-state index is 0.448. The first-order valence-electron chi connectivity index (χ1n) is 10.7. The monoisotopic (exact) mass is 430 g/mol. The fourth-order valence-corrected chi connectivity index (χ4v) is 3.72. The van der Waals surface area contributed by atoms with Crippen molar-refractivity contribution in [3.8, 4) is 45.3 Å². The Morgan fingerprint density at radius 1 is 0.515 bits per heavy atom. The van der Waals surface area contributed by atoms with Crippen LogP contribution in [0.15, 0.2) is 109 Å². The molecule has 3 N–H and O–H groups in total. The average Bonchev–Trinajstić information content (AvgIpc) is 2.89. The lowest BCUT2D eigenvalue weighted by molar-refractivity contribution is -0.359. The molecule has 0 spiro atoms. The highest BCUT2D eigenvalue weighted by molar-refractivity contribution is 6.58. The molecule has 0 bridgehead atoms. The zero-order valence-electron chi connectivity index (χ0n) is 17.8. The smallest absolute Gasteiger partial charge is 0.423 e. The van der Waals surface area contributed by atoms with Crippen LogP contribution in [0.4, 0.5) is 0 Å². The Morgan fingerprint density at radius 2 is 1.03 bits per heavy atom. The standard InChI is InChI=1S/C27H20BN3O2/c32-28(33)24-16-8-14-22(18-24)21-13-7-15-23(17-21)27-30-25(19-9-3-1-4-10-19)29-26(31-27)20-11-5-2-6-12-20/h1-18,32-33H/p+1. The second kappa shape index (κ2) is 9.16. The Labute approximate surface area is 192 Å². The third kappa shape index (κ3) is 4.57. The molecule has 4 aromatic carbocycles. The molecule has 0 radical (unpaired) electrons. The fourth-order valence-electron chi connectivity index (χ4n) is 3.72. The largest absolute Gasteiger partial charge is 0.488 e. The van der Waals surface area contributed by atoms with Gasteiger partial charge in [-0.3, -0.25) is 0 Å². The van der Waals surface area contributed by atoms with Crippen LogP contribution in [0.25, 0.3) is 45.3 Å². The van der Waals surface area contributed by atoms with E-state index in [0.717, 1.165) is 33.6 Å². The zero-order chi connectivity index (χ0) is 22.6. The van der Waals surface area contributed by atoms with Gasteiger partial charge in [-0.2, -0.15) is 0 Å². The summed E-state index contributed by atoms with van der Waals surface area (Å²) in [6.45, 7) is 0. The number of H-pyrrole nitrogens is 1. The van der Waals surface area contributed by atoms with Gasteiger partial charge >= 0.3 is 12.9 Å². The highest BCUT2D eigenvalue weighted by Gasteiger charge is 2.20. The Hall–Kier alpha value is -4.13. The zero-order valence-corrected chi connectivity index (χ0v) is 17.8. The summed E-state index contributed by atoms with van der Waals surface area (Å²) in [4.78, 5) is 13.0. The normalized spacial score (nSPS) is 10.7. The SMILES string of the molecule is OB(O)c1cccc(-c2cccc(-c3nc(-c4ccccc4)nc(-c4ccccc4)[nH+]3)c2)c1. The molecule has 0 aliphatic rings. The van der Waals surface area contributed by atoms with Gasteiger partial charge in [0, 0.05) is 0 Å². The highest BCUT2D eigenvalue weighted by atomic mass is 16.4. The van der Waals surface area contributed by atoms with Crippen LogP contribution in [0.3, 0.4) is 0 Å². The van der Waals surface area contributed by atoms with Gasteiger partial charge in [-0.1, -0.05) is 82.8 Å². The lowest BCUT2D eigenvalue weighted by atomic mass is 9.79. The first-order chi connectivity index (χ1) is 16.2. The molecule has 0 atom stereocenters. The summed E-state index contributed by atoms with van der Waals surface area (Å²) in [5, 5.41) is 19.1. The van der Waals surface area contributed by atoms with E-state index in [1.54, 1.807) is 12.1 Å². The topological polar surface area (TPSA) is 80.4 Å². The first-order valence-corrected chi connectivity index (χ1v) is 10.7. The van der Waals surface area contributed by atoms with Crippen LogP contribution in [-0.2, 0) is 0 Å². The van der Waals surface area contributed by atoms with Crippen LogP contribution in [0.2, 0.25) is 0 Å². The van der Waals surface area contributed by atoms with E-state index in [-0.39, 0.29) is 0 Å². The molecular formula is C27H21BN3O2+. The maximum absolute atomic E-state index is 9.54. The van der Waals surface area contributed by atoms with E-state index in [9.17, 15) is 10.0 Å². The van der Waals surface area contributed by atoms with Crippen LogP contribution >= 0.6 is 0 Å². The van der Waals surface area contributed by atoms with E-state index in [1.807, 2.05) is 97.1 Å². The van der Waals surface area contributed by atoms with E-state index in [0.29, 0.717) is 17.1 Å². The van der Waals surface area contributed by atoms with Crippen LogP contribution in [-0.4, -0.2) is 27.1 Å². The van der Waals surface area contributed by atoms with Gasteiger partial charge in [0.15, 0.2) is 0 Å². The molecule has 0 amide bonds. The summed E-state index contributed by atoms with van der Waals surface area (Å²) >= 11 is 0. The van der Waals surface area contributed by atoms with Crippen molar-refractivity contribution in [2.24, 2.45) is 0 Å². The summed E-state index contributed by atoms with van der Waals surface area (Å²) in [7, 11) is -1.51. The van der Waals surface area contributed by atoms with E-state index in [2.05, 4.69) is 4.98 Å². The van der Waals surface area contributed by atoms with Gasteiger partial charge in [0.2, 0.25) is 0 Å². The van der Waals surface area contributed by atoms with Crippen molar-refractivity contribution in [2.45, 2.75) is 0 Å². The van der Waals surface area contributed by atoms with Crippen molar-refractivity contribution in [3.63, 3.8) is 0 Å². The van der Waals surface area contributed by atoms with E-state index >= 15 is 0 Å². The molecule has 1 heterocycles. The maximum atomic E-state index is 9.54. The summed E-state index contributed by atoms with van der Waals surface area (Å²) in [6, 6.07) is 35.1. The van der Waals surface area contributed by atoms with Crippen molar-refractivity contribution in [1.82, 2.24) is 9.97 Å². The summed E-state index contributed by atoms with van der Waals surface area (Å²) < 4.78 is 0. The van der Waals surface area contributed by atoms with E-state index < -0.39 is 7.12 Å². The molecule has 0 saturated carbocycles. The van der Waals surface area contributed by atoms with Gasteiger partial charge in [0.1, 0.15) is 0 Å². The fraction of sp³-hybridized carbons (Fsp3) is 0. The Balaban J connectivity index is 1.63. The van der Waals surface area contributed by atoms with Crippen molar-refractivity contribution < 1.29 is 15.0 Å². The summed E-state index contributed by atoms with van der Waals surface area (Å²) in [5.41, 5.74) is 5.10. The molecule has 0 saturated heterocycles. The van der Waals surface area contributed by atoms with Gasteiger partial charge in [-0.25, -0.2) is 4.98 Å². The molecule has 1 aromatic heterocycles. The predicted octanol–water partition coefficient (Wildman–Crippen LogP) is 3.64. The predicted molar refractivity (Wildman–Crippen MR) is 130 cm³/mol. The quantitative estimate of drug-likeness (QED) is 0.418. The molecule has 5 aromatic rings. The number of hydrogen-bond donors (Lipinski definition) is 2. The lowest BCUT2D eigenvalue weighted by Gasteiger charge is -2.07. The first kappa shape index (κ1) is 20.8. The Morgan fingerprint density at radius 3 is 1.70 bits per heavy atom. The number of benzene rings is 4. The maximum Gasteiger partial charge on any atom is 0.488 e. The van der Waals surface area contributed by atoms with Gasteiger partial charge in [-0.15, -0.1) is 0 Å². The molecule has 0 unspecified atom stereocenters. The minimum atomic E-state index is -1.51. The van der Waals surface area contributed by atoms with Crippen molar-refractivity contribution in [1.29, 1.82) is 0 Å².